The van der Waals surface area contributed by atoms with Crippen molar-refractivity contribution in [3.63, 3.8) is 0 Å². The molecular formula is C22H30OSi2. The molecule has 1 nitrogen and oxygen atoms in total. The normalized spacial score (nSPS) is 28.2. The summed E-state index contributed by atoms with van der Waals surface area (Å²) in [5.41, 5.74) is 5.14. The van der Waals surface area contributed by atoms with E-state index in [1.807, 2.05) is 0 Å². The molecule has 0 saturated carbocycles. The fourth-order valence-corrected chi connectivity index (χ4v) is 9.40. The molecule has 0 N–H and O–H groups in total. The van der Waals surface area contributed by atoms with Crippen LogP contribution in [0.15, 0.2) is 48.5 Å². The van der Waals surface area contributed by atoms with E-state index in [0.29, 0.717) is 17.6 Å². The molecule has 1 fully saturated rings. The van der Waals surface area contributed by atoms with Crippen LogP contribution in [0.4, 0.5) is 0 Å². The van der Waals surface area contributed by atoms with Crippen LogP contribution >= 0.6 is 0 Å². The highest BCUT2D eigenvalue weighted by Crippen LogP contribution is 2.66. The molecule has 3 heteroatoms. The van der Waals surface area contributed by atoms with Crippen molar-refractivity contribution in [3.05, 3.63) is 65.2 Å². The molecule has 2 bridgehead atoms. The van der Waals surface area contributed by atoms with E-state index in [1.165, 1.54) is 11.1 Å². The van der Waals surface area contributed by atoms with Crippen molar-refractivity contribution in [2.24, 2.45) is 0 Å². The van der Waals surface area contributed by atoms with Gasteiger partial charge in [0, 0.05) is 5.92 Å². The summed E-state index contributed by atoms with van der Waals surface area (Å²) in [6, 6.07) is 18.2. The number of ether oxygens (including phenoxy) is 1. The van der Waals surface area contributed by atoms with Gasteiger partial charge in [-0.1, -0.05) is 93.0 Å². The highest BCUT2D eigenvalue weighted by Gasteiger charge is 2.57. The predicted octanol–water partition coefficient (Wildman–Crippen LogP) is 5.85. The quantitative estimate of drug-likeness (QED) is 0.619. The van der Waals surface area contributed by atoms with Gasteiger partial charge in [-0.15, -0.1) is 0 Å². The maximum absolute atomic E-state index is 6.67. The minimum absolute atomic E-state index is 0.246. The van der Waals surface area contributed by atoms with Crippen LogP contribution in [-0.2, 0) is 4.74 Å². The lowest BCUT2D eigenvalue weighted by Crippen LogP contribution is -2.43. The molecule has 4 rings (SSSR count). The zero-order valence-corrected chi connectivity index (χ0v) is 18.3. The Kier molecular flexibility index (Phi) is 3.91. The fraction of sp³-hybridized carbons (Fsp3) is 0.455. The van der Waals surface area contributed by atoms with E-state index in [-0.39, 0.29) is 6.10 Å². The molecule has 4 unspecified atom stereocenters. The number of hydrogen-bond donors (Lipinski definition) is 0. The topological polar surface area (TPSA) is 9.23 Å². The number of hydrogen-bond acceptors (Lipinski definition) is 1. The van der Waals surface area contributed by atoms with Crippen molar-refractivity contribution < 1.29 is 4.74 Å². The zero-order chi connectivity index (χ0) is 18.0. The first kappa shape index (κ1) is 17.3. The fourth-order valence-electron chi connectivity index (χ4n) is 5.09. The molecule has 25 heavy (non-hydrogen) atoms. The van der Waals surface area contributed by atoms with E-state index < -0.39 is 16.1 Å². The van der Waals surface area contributed by atoms with Crippen LogP contribution in [0.5, 0.6) is 0 Å². The molecule has 0 radical (unpaired) electrons. The molecule has 2 aromatic rings. The average molecular weight is 367 g/mol. The predicted molar refractivity (Wildman–Crippen MR) is 112 cm³/mol. The molecular weight excluding hydrogens is 336 g/mol. The van der Waals surface area contributed by atoms with Crippen LogP contribution in [-0.4, -0.2) is 16.1 Å². The molecule has 0 spiro atoms. The average Bonchev–Trinajstić information content (AvgIpc) is 3.10. The maximum atomic E-state index is 6.67. The SMILES string of the molecule is C[Si](C)(C)c1ccccc1C1C2OC(c3ccccc32)C1[Si](C)(C)C. The Morgan fingerprint density at radius 1 is 0.680 bits per heavy atom. The van der Waals surface area contributed by atoms with Crippen LogP contribution in [0, 0.1) is 0 Å². The van der Waals surface area contributed by atoms with E-state index in [2.05, 4.69) is 87.8 Å². The van der Waals surface area contributed by atoms with Crippen molar-refractivity contribution >= 4 is 21.3 Å². The summed E-state index contributed by atoms with van der Waals surface area (Å²) in [7, 11) is -2.78. The first-order chi connectivity index (χ1) is 11.7. The van der Waals surface area contributed by atoms with Gasteiger partial charge in [0.2, 0.25) is 0 Å². The van der Waals surface area contributed by atoms with Gasteiger partial charge in [0.05, 0.1) is 28.4 Å². The van der Waals surface area contributed by atoms with Gasteiger partial charge >= 0.3 is 0 Å². The van der Waals surface area contributed by atoms with E-state index in [0.717, 1.165) is 0 Å². The van der Waals surface area contributed by atoms with Crippen molar-refractivity contribution in [1.29, 1.82) is 0 Å². The smallest absolute Gasteiger partial charge is 0.0906 e. The van der Waals surface area contributed by atoms with Crippen LogP contribution in [0.2, 0.25) is 44.8 Å². The minimum atomic E-state index is -1.39. The highest BCUT2D eigenvalue weighted by molar-refractivity contribution is 6.89. The molecule has 2 aromatic carbocycles. The Morgan fingerprint density at radius 2 is 1.20 bits per heavy atom. The summed E-state index contributed by atoms with van der Waals surface area (Å²) in [5, 5.41) is 1.62. The largest absolute Gasteiger partial charge is 0.365 e. The third-order valence-corrected chi connectivity index (χ3v) is 10.8. The molecule has 0 amide bonds. The van der Waals surface area contributed by atoms with Gasteiger partial charge in [-0.05, 0) is 22.2 Å². The summed E-state index contributed by atoms with van der Waals surface area (Å²) < 4.78 is 6.67. The molecule has 2 aliphatic rings. The second-order valence-corrected chi connectivity index (χ2v) is 20.3. The number of rotatable bonds is 3. The second kappa shape index (κ2) is 5.67. The summed E-state index contributed by atoms with van der Waals surface area (Å²) in [6.07, 6.45) is 0.544. The lowest BCUT2D eigenvalue weighted by atomic mass is 9.79. The van der Waals surface area contributed by atoms with Gasteiger partial charge < -0.3 is 4.74 Å². The van der Waals surface area contributed by atoms with Crippen LogP contribution in [0.25, 0.3) is 0 Å². The van der Waals surface area contributed by atoms with E-state index in [1.54, 1.807) is 10.8 Å². The van der Waals surface area contributed by atoms with Gasteiger partial charge in [0.25, 0.3) is 0 Å². The summed E-state index contributed by atoms with van der Waals surface area (Å²) in [4.78, 5) is 0. The summed E-state index contributed by atoms with van der Waals surface area (Å²) >= 11 is 0. The summed E-state index contributed by atoms with van der Waals surface area (Å²) in [5.74, 6) is 0.523. The number of fused-ring (bicyclic) bond motifs is 5. The lowest BCUT2D eigenvalue weighted by Gasteiger charge is -2.39. The van der Waals surface area contributed by atoms with E-state index >= 15 is 0 Å². The van der Waals surface area contributed by atoms with Crippen molar-refractivity contribution in [3.8, 4) is 0 Å². The Bertz CT molecular complexity index is 800. The minimum Gasteiger partial charge on any atom is -0.365 e. The maximum Gasteiger partial charge on any atom is 0.0906 e. The second-order valence-electron chi connectivity index (χ2n) is 9.86. The Balaban J connectivity index is 1.90. The van der Waals surface area contributed by atoms with Gasteiger partial charge in [0.15, 0.2) is 0 Å². The highest BCUT2D eigenvalue weighted by atomic mass is 28.3. The van der Waals surface area contributed by atoms with Crippen LogP contribution < -0.4 is 5.19 Å². The van der Waals surface area contributed by atoms with Gasteiger partial charge in [-0.2, -0.15) is 0 Å². The monoisotopic (exact) mass is 366 g/mol. The van der Waals surface area contributed by atoms with Crippen molar-refractivity contribution in [2.75, 3.05) is 0 Å². The Hall–Kier alpha value is -1.17. The molecule has 4 atom stereocenters. The van der Waals surface area contributed by atoms with Gasteiger partial charge in [-0.3, -0.25) is 0 Å². The van der Waals surface area contributed by atoms with Crippen molar-refractivity contribution in [1.82, 2.24) is 0 Å². The standard InChI is InChI=1S/C22H30OSi2/c1-24(2,3)18-14-10-9-13-17(18)19-20-15-11-7-8-12-16(15)21(23-20)22(19)25(4,5)6/h7-14,19-22H,1-6H3. The third kappa shape index (κ3) is 2.68. The lowest BCUT2D eigenvalue weighted by molar-refractivity contribution is 0.0672. The molecule has 0 aliphatic carbocycles. The number of benzene rings is 2. The molecule has 0 aromatic heterocycles. The Labute approximate surface area is 154 Å². The van der Waals surface area contributed by atoms with Crippen molar-refractivity contribution in [2.45, 2.75) is 62.9 Å². The molecule has 2 heterocycles. The molecule has 1 saturated heterocycles. The first-order valence-corrected chi connectivity index (χ1v) is 16.6. The summed E-state index contributed by atoms with van der Waals surface area (Å²) in [6.45, 7) is 15.0. The first-order valence-electron chi connectivity index (χ1n) is 9.53. The third-order valence-electron chi connectivity index (χ3n) is 6.07. The van der Waals surface area contributed by atoms with E-state index in [4.69, 9.17) is 4.74 Å². The van der Waals surface area contributed by atoms with Crippen LogP contribution in [0.3, 0.4) is 0 Å². The van der Waals surface area contributed by atoms with Gasteiger partial charge in [0.1, 0.15) is 0 Å². The molecule has 2 aliphatic heterocycles. The van der Waals surface area contributed by atoms with E-state index in [9.17, 15) is 0 Å². The van der Waals surface area contributed by atoms with Crippen LogP contribution in [0.1, 0.15) is 34.8 Å². The van der Waals surface area contributed by atoms with Gasteiger partial charge in [-0.25, -0.2) is 0 Å². The Morgan fingerprint density at radius 3 is 1.76 bits per heavy atom. The zero-order valence-electron chi connectivity index (χ0n) is 16.3. The molecule has 132 valence electrons.